The van der Waals surface area contributed by atoms with Crippen LogP contribution in [0.4, 0.5) is 0 Å². The highest BCUT2D eigenvalue weighted by Crippen LogP contribution is 2.09. The van der Waals surface area contributed by atoms with Crippen LogP contribution in [0.15, 0.2) is 31.0 Å². The minimum atomic E-state index is -0.0148. The third-order valence-electron chi connectivity index (χ3n) is 2.21. The summed E-state index contributed by atoms with van der Waals surface area (Å²) in [5, 5.41) is 3.95. The van der Waals surface area contributed by atoms with Crippen molar-refractivity contribution in [2.45, 2.75) is 13.8 Å². The summed E-state index contributed by atoms with van der Waals surface area (Å²) < 4.78 is 1.55. The summed E-state index contributed by atoms with van der Waals surface area (Å²) in [6, 6.07) is 3.51. The number of ketones is 1. The van der Waals surface area contributed by atoms with E-state index in [4.69, 9.17) is 0 Å². The third-order valence-corrected chi connectivity index (χ3v) is 2.21. The average molecular weight is 216 g/mol. The Bertz CT molecular complexity index is 473. The van der Waals surface area contributed by atoms with Gasteiger partial charge in [-0.2, -0.15) is 5.10 Å². The van der Waals surface area contributed by atoms with Crippen molar-refractivity contribution in [3.63, 3.8) is 0 Å². The summed E-state index contributed by atoms with van der Waals surface area (Å²) in [6.45, 7) is 3.74. The lowest BCUT2D eigenvalue weighted by Crippen LogP contribution is -2.08. The summed E-state index contributed by atoms with van der Waals surface area (Å²) in [5.74, 6) is 0.731. The minimum absolute atomic E-state index is 0.0148. The number of pyridine rings is 1. The van der Waals surface area contributed by atoms with Crippen molar-refractivity contribution in [3.05, 3.63) is 36.5 Å². The summed E-state index contributed by atoms with van der Waals surface area (Å²) in [6.07, 6.45) is 4.57. The van der Waals surface area contributed by atoms with Gasteiger partial charge in [-0.15, -0.1) is 0 Å². The van der Waals surface area contributed by atoms with E-state index in [-0.39, 0.29) is 11.7 Å². The fraction of sp³-hybridized carbons (Fsp3) is 0.273. The van der Waals surface area contributed by atoms with Gasteiger partial charge in [0.25, 0.3) is 0 Å². The fourth-order valence-corrected chi connectivity index (χ4v) is 1.33. The maximum Gasteiger partial charge on any atom is 0.166 e. The van der Waals surface area contributed by atoms with Crippen molar-refractivity contribution in [1.29, 1.82) is 0 Å². The van der Waals surface area contributed by atoms with Crippen molar-refractivity contribution in [2.75, 3.05) is 0 Å². The van der Waals surface area contributed by atoms with Crippen LogP contribution in [0.25, 0.3) is 5.82 Å². The highest BCUT2D eigenvalue weighted by molar-refractivity contribution is 5.97. The molecule has 0 N–H and O–H groups in total. The molecule has 16 heavy (non-hydrogen) atoms. The number of carbonyl (C=O) groups is 1. The monoisotopic (exact) mass is 216 g/mol. The molecule has 0 spiro atoms. The molecule has 5 heteroatoms. The van der Waals surface area contributed by atoms with E-state index in [1.54, 1.807) is 29.3 Å². The number of rotatable bonds is 3. The predicted octanol–water partition coefficient (Wildman–Crippen LogP) is 1.50. The van der Waals surface area contributed by atoms with Gasteiger partial charge < -0.3 is 0 Å². The van der Waals surface area contributed by atoms with E-state index in [2.05, 4.69) is 15.1 Å². The molecule has 0 radical (unpaired) electrons. The van der Waals surface area contributed by atoms with Gasteiger partial charge in [0.1, 0.15) is 12.7 Å². The van der Waals surface area contributed by atoms with Gasteiger partial charge >= 0.3 is 0 Å². The molecule has 0 saturated heterocycles. The molecule has 2 aromatic rings. The fourth-order valence-electron chi connectivity index (χ4n) is 1.33. The van der Waals surface area contributed by atoms with Crippen molar-refractivity contribution >= 4 is 5.78 Å². The topological polar surface area (TPSA) is 60.7 Å². The van der Waals surface area contributed by atoms with Crippen molar-refractivity contribution < 1.29 is 4.79 Å². The number of hydrogen-bond donors (Lipinski definition) is 0. The van der Waals surface area contributed by atoms with E-state index >= 15 is 0 Å². The van der Waals surface area contributed by atoms with Gasteiger partial charge in [-0.1, -0.05) is 13.8 Å². The van der Waals surface area contributed by atoms with Gasteiger partial charge in [-0.25, -0.2) is 14.6 Å². The molecule has 0 aliphatic carbocycles. The van der Waals surface area contributed by atoms with Gasteiger partial charge in [0, 0.05) is 17.7 Å². The van der Waals surface area contributed by atoms with E-state index in [1.165, 1.54) is 6.33 Å². The largest absolute Gasteiger partial charge is 0.294 e. The third kappa shape index (κ3) is 1.98. The number of carbonyl (C=O) groups excluding carboxylic acids is 1. The SMILES string of the molecule is CC(C)C(=O)c1ccc(-n2cncn2)nc1. The molecule has 0 aliphatic heterocycles. The zero-order chi connectivity index (χ0) is 11.5. The molecular weight excluding hydrogens is 204 g/mol. The molecule has 0 saturated carbocycles. The summed E-state index contributed by atoms with van der Waals surface area (Å²) in [4.78, 5) is 19.7. The molecule has 2 heterocycles. The van der Waals surface area contributed by atoms with Crippen LogP contribution < -0.4 is 0 Å². The molecule has 0 aliphatic rings. The van der Waals surface area contributed by atoms with E-state index < -0.39 is 0 Å². The first-order valence-corrected chi connectivity index (χ1v) is 5.04. The average Bonchev–Trinajstić information content (AvgIpc) is 2.81. The van der Waals surface area contributed by atoms with E-state index in [1.807, 2.05) is 13.8 Å². The Hall–Kier alpha value is -2.04. The molecular formula is C11H12N4O. The smallest absolute Gasteiger partial charge is 0.166 e. The standard InChI is InChI=1S/C11H12N4O/c1-8(2)11(16)9-3-4-10(13-5-9)15-7-12-6-14-15/h3-8H,1-2H3. The quantitative estimate of drug-likeness (QED) is 0.729. The maximum absolute atomic E-state index is 11.7. The normalized spacial score (nSPS) is 10.7. The predicted molar refractivity (Wildman–Crippen MR) is 58.3 cm³/mol. The Kier molecular flexibility index (Phi) is 2.76. The number of Topliss-reactive ketones (excluding diaryl/α,β-unsaturated/α-hetero) is 1. The van der Waals surface area contributed by atoms with Crippen LogP contribution in [0.2, 0.25) is 0 Å². The van der Waals surface area contributed by atoms with Crippen LogP contribution in [-0.4, -0.2) is 25.5 Å². The minimum Gasteiger partial charge on any atom is -0.294 e. The molecule has 5 nitrogen and oxygen atoms in total. The number of aromatic nitrogens is 4. The van der Waals surface area contributed by atoms with Crippen molar-refractivity contribution in [3.8, 4) is 5.82 Å². The second-order valence-corrected chi connectivity index (χ2v) is 3.76. The van der Waals surface area contributed by atoms with Crippen LogP contribution in [0, 0.1) is 5.92 Å². The number of nitrogens with zero attached hydrogens (tertiary/aromatic N) is 4. The lowest BCUT2D eigenvalue weighted by molar-refractivity contribution is 0.0939. The number of hydrogen-bond acceptors (Lipinski definition) is 4. The highest BCUT2D eigenvalue weighted by atomic mass is 16.1. The Morgan fingerprint density at radius 1 is 1.38 bits per heavy atom. The van der Waals surface area contributed by atoms with Crippen molar-refractivity contribution in [2.24, 2.45) is 5.92 Å². The first-order chi connectivity index (χ1) is 7.68. The zero-order valence-electron chi connectivity index (χ0n) is 9.16. The second-order valence-electron chi connectivity index (χ2n) is 3.76. The van der Waals surface area contributed by atoms with Crippen LogP contribution in [0.1, 0.15) is 24.2 Å². The zero-order valence-corrected chi connectivity index (χ0v) is 9.16. The van der Waals surface area contributed by atoms with Crippen LogP contribution in [0.5, 0.6) is 0 Å². The Morgan fingerprint density at radius 3 is 2.69 bits per heavy atom. The summed E-state index contributed by atoms with van der Waals surface area (Å²) in [5.41, 5.74) is 0.624. The maximum atomic E-state index is 11.7. The first-order valence-electron chi connectivity index (χ1n) is 5.04. The van der Waals surface area contributed by atoms with Gasteiger partial charge in [-0.3, -0.25) is 4.79 Å². The van der Waals surface area contributed by atoms with E-state index in [9.17, 15) is 4.79 Å². The molecule has 0 bridgehead atoms. The molecule has 2 rings (SSSR count). The Morgan fingerprint density at radius 2 is 2.19 bits per heavy atom. The van der Waals surface area contributed by atoms with Gasteiger partial charge in [-0.05, 0) is 12.1 Å². The highest BCUT2D eigenvalue weighted by Gasteiger charge is 2.10. The first kappa shape index (κ1) is 10.5. The molecule has 0 aromatic carbocycles. The molecule has 0 unspecified atom stereocenters. The van der Waals surface area contributed by atoms with Crippen LogP contribution >= 0.6 is 0 Å². The van der Waals surface area contributed by atoms with Crippen LogP contribution in [-0.2, 0) is 0 Å². The molecule has 0 amide bonds. The lowest BCUT2D eigenvalue weighted by Gasteiger charge is -2.04. The Balaban J connectivity index is 2.27. The molecule has 0 atom stereocenters. The van der Waals surface area contributed by atoms with E-state index in [0.29, 0.717) is 11.4 Å². The van der Waals surface area contributed by atoms with Gasteiger partial charge in [0.2, 0.25) is 0 Å². The van der Waals surface area contributed by atoms with Crippen molar-refractivity contribution in [1.82, 2.24) is 19.7 Å². The molecule has 0 fully saturated rings. The van der Waals surface area contributed by atoms with Gasteiger partial charge in [0.15, 0.2) is 11.6 Å². The van der Waals surface area contributed by atoms with Crippen LogP contribution in [0.3, 0.4) is 0 Å². The molecule has 82 valence electrons. The summed E-state index contributed by atoms with van der Waals surface area (Å²) in [7, 11) is 0. The second kappa shape index (κ2) is 4.22. The Labute approximate surface area is 93.2 Å². The van der Waals surface area contributed by atoms with Gasteiger partial charge in [0.05, 0.1) is 0 Å². The van der Waals surface area contributed by atoms with E-state index in [0.717, 1.165) is 0 Å². The lowest BCUT2D eigenvalue weighted by atomic mass is 10.0. The summed E-state index contributed by atoms with van der Waals surface area (Å²) >= 11 is 0. The molecule has 2 aromatic heterocycles.